The maximum atomic E-state index is 10.0. The average Bonchev–Trinajstić information content (AvgIpc) is 2.46. The van der Waals surface area contributed by atoms with E-state index >= 15 is 0 Å². The molecule has 0 bridgehead atoms. The third kappa shape index (κ3) is 3.81. The molecule has 2 aromatic rings. The van der Waals surface area contributed by atoms with Gasteiger partial charge in [0.05, 0.1) is 0 Å². The second-order valence-electron chi connectivity index (χ2n) is 4.59. The topological polar surface area (TPSA) is 55.5 Å². The minimum absolute atomic E-state index is 0.241. The zero-order valence-corrected chi connectivity index (χ0v) is 11.0. The molecule has 0 aliphatic rings. The van der Waals surface area contributed by atoms with Gasteiger partial charge in [0.25, 0.3) is 0 Å². The molecule has 3 N–H and O–H groups in total. The third-order valence-corrected chi connectivity index (χ3v) is 3.03. The summed E-state index contributed by atoms with van der Waals surface area (Å²) in [6.45, 7) is 2.78. The molecule has 0 aromatic heterocycles. The number of hydrogen-bond acceptors (Lipinski definition) is 3. The van der Waals surface area contributed by atoms with Gasteiger partial charge in [0.15, 0.2) is 0 Å². The van der Waals surface area contributed by atoms with Crippen LogP contribution in [-0.4, -0.2) is 11.7 Å². The summed E-state index contributed by atoms with van der Waals surface area (Å²) in [6.07, 6.45) is -0.631. The monoisotopic (exact) mass is 257 g/mol. The van der Waals surface area contributed by atoms with Crippen molar-refractivity contribution in [2.45, 2.75) is 19.6 Å². The van der Waals surface area contributed by atoms with Crippen LogP contribution in [0.15, 0.2) is 48.5 Å². The molecule has 0 radical (unpaired) electrons. The number of rotatable bonds is 5. The minimum Gasteiger partial charge on any atom is -0.491 e. The Kier molecular flexibility index (Phi) is 4.55. The highest BCUT2D eigenvalue weighted by molar-refractivity contribution is 5.27. The molecule has 1 atom stereocenters. The number of nitrogens with two attached hydrogens (primary N) is 1. The number of aryl methyl sites for hydroxylation is 1. The van der Waals surface area contributed by atoms with E-state index in [1.165, 1.54) is 5.56 Å². The van der Waals surface area contributed by atoms with Crippen LogP contribution in [0.5, 0.6) is 5.75 Å². The lowest BCUT2D eigenvalue weighted by Crippen LogP contribution is -2.10. The lowest BCUT2D eigenvalue weighted by Gasteiger charge is -2.13. The van der Waals surface area contributed by atoms with Gasteiger partial charge in [0, 0.05) is 6.54 Å². The summed E-state index contributed by atoms with van der Waals surface area (Å²) in [5.41, 5.74) is 8.61. The molecule has 1 unspecified atom stereocenters. The summed E-state index contributed by atoms with van der Waals surface area (Å²) in [5, 5.41) is 10.0. The maximum Gasteiger partial charge on any atom is 0.119 e. The Bertz CT molecular complexity index is 505. The number of aliphatic hydroxyl groups excluding tert-OH is 1. The average molecular weight is 257 g/mol. The number of aliphatic hydroxyl groups is 1. The SMILES string of the molecule is Cc1ccc(OCC(O)c2ccc(CN)cc2)cc1. The van der Waals surface area contributed by atoms with Crippen molar-refractivity contribution in [3.63, 3.8) is 0 Å². The van der Waals surface area contributed by atoms with E-state index in [9.17, 15) is 5.11 Å². The van der Waals surface area contributed by atoms with E-state index in [4.69, 9.17) is 10.5 Å². The summed E-state index contributed by atoms with van der Waals surface area (Å²) in [4.78, 5) is 0. The minimum atomic E-state index is -0.631. The van der Waals surface area contributed by atoms with Crippen molar-refractivity contribution in [1.82, 2.24) is 0 Å². The van der Waals surface area contributed by atoms with Crippen molar-refractivity contribution in [1.29, 1.82) is 0 Å². The fourth-order valence-electron chi connectivity index (χ4n) is 1.78. The van der Waals surface area contributed by atoms with Crippen LogP contribution in [0.3, 0.4) is 0 Å². The predicted molar refractivity (Wildman–Crippen MR) is 76.0 cm³/mol. The van der Waals surface area contributed by atoms with Gasteiger partial charge in [-0.15, -0.1) is 0 Å². The molecule has 0 aliphatic carbocycles. The first-order valence-corrected chi connectivity index (χ1v) is 6.35. The van der Waals surface area contributed by atoms with Crippen LogP contribution in [0.2, 0.25) is 0 Å². The summed E-state index contributed by atoms with van der Waals surface area (Å²) in [7, 11) is 0. The van der Waals surface area contributed by atoms with E-state index < -0.39 is 6.10 Å². The fraction of sp³-hybridized carbons (Fsp3) is 0.250. The molecule has 0 heterocycles. The number of ether oxygens (including phenoxy) is 1. The Morgan fingerprint density at radius 3 is 2.26 bits per heavy atom. The van der Waals surface area contributed by atoms with Crippen LogP contribution in [0.25, 0.3) is 0 Å². The molecule has 3 nitrogen and oxygen atoms in total. The van der Waals surface area contributed by atoms with Crippen LogP contribution in [0, 0.1) is 6.92 Å². The van der Waals surface area contributed by atoms with E-state index in [0.29, 0.717) is 6.54 Å². The van der Waals surface area contributed by atoms with Gasteiger partial charge in [0.2, 0.25) is 0 Å². The maximum absolute atomic E-state index is 10.0. The van der Waals surface area contributed by atoms with Crippen molar-refractivity contribution in [2.75, 3.05) is 6.61 Å². The lowest BCUT2D eigenvalue weighted by molar-refractivity contribution is 0.108. The van der Waals surface area contributed by atoms with Crippen LogP contribution in [-0.2, 0) is 6.54 Å². The number of benzene rings is 2. The standard InChI is InChI=1S/C16H19NO2/c1-12-2-8-15(9-3-12)19-11-16(18)14-6-4-13(10-17)5-7-14/h2-9,16,18H,10-11,17H2,1H3. The molecule has 19 heavy (non-hydrogen) atoms. The van der Waals surface area contributed by atoms with Gasteiger partial charge in [-0.1, -0.05) is 42.0 Å². The van der Waals surface area contributed by atoms with Crippen molar-refractivity contribution >= 4 is 0 Å². The number of hydrogen-bond donors (Lipinski definition) is 2. The van der Waals surface area contributed by atoms with Crippen LogP contribution in [0.4, 0.5) is 0 Å². The summed E-state index contributed by atoms with van der Waals surface area (Å²) in [6, 6.07) is 15.4. The van der Waals surface area contributed by atoms with Gasteiger partial charge in [-0.3, -0.25) is 0 Å². The first-order valence-electron chi connectivity index (χ1n) is 6.35. The van der Waals surface area contributed by atoms with E-state index in [1.54, 1.807) is 0 Å². The molecular formula is C16H19NO2. The van der Waals surface area contributed by atoms with Gasteiger partial charge in [0.1, 0.15) is 18.5 Å². The zero-order chi connectivity index (χ0) is 13.7. The molecule has 0 amide bonds. The van der Waals surface area contributed by atoms with Gasteiger partial charge in [-0.05, 0) is 30.2 Å². The molecular weight excluding hydrogens is 238 g/mol. The summed E-state index contributed by atoms with van der Waals surface area (Å²) >= 11 is 0. The normalized spacial score (nSPS) is 12.2. The summed E-state index contributed by atoms with van der Waals surface area (Å²) < 4.78 is 5.56. The highest BCUT2D eigenvalue weighted by Crippen LogP contribution is 2.17. The molecule has 0 spiro atoms. The summed E-state index contributed by atoms with van der Waals surface area (Å²) in [5.74, 6) is 0.767. The lowest BCUT2D eigenvalue weighted by atomic mass is 10.1. The first-order chi connectivity index (χ1) is 9.19. The van der Waals surface area contributed by atoms with Crippen LogP contribution >= 0.6 is 0 Å². The highest BCUT2D eigenvalue weighted by atomic mass is 16.5. The largest absolute Gasteiger partial charge is 0.491 e. The molecule has 0 aliphatic heterocycles. The molecule has 3 heteroatoms. The molecule has 2 aromatic carbocycles. The van der Waals surface area contributed by atoms with E-state index in [0.717, 1.165) is 16.9 Å². The first kappa shape index (κ1) is 13.6. The fourth-order valence-corrected chi connectivity index (χ4v) is 1.78. The van der Waals surface area contributed by atoms with Gasteiger partial charge in [-0.25, -0.2) is 0 Å². The van der Waals surface area contributed by atoms with Crippen molar-refractivity contribution in [2.24, 2.45) is 5.73 Å². The molecule has 0 saturated carbocycles. The van der Waals surface area contributed by atoms with Crippen molar-refractivity contribution in [3.8, 4) is 5.75 Å². The predicted octanol–water partition coefficient (Wildman–Crippen LogP) is 2.57. The Morgan fingerprint density at radius 2 is 1.68 bits per heavy atom. The quantitative estimate of drug-likeness (QED) is 0.865. The molecule has 2 rings (SSSR count). The van der Waals surface area contributed by atoms with Gasteiger partial charge in [-0.2, -0.15) is 0 Å². The Hall–Kier alpha value is -1.84. The van der Waals surface area contributed by atoms with E-state index in [1.807, 2.05) is 55.5 Å². The van der Waals surface area contributed by atoms with Crippen LogP contribution in [0.1, 0.15) is 22.8 Å². The molecule has 100 valence electrons. The molecule has 0 fully saturated rings. The molecule has 0 saturated heterocycles. The zero-order valence-electron chi connectivity index (χ0n) is 11.0. The Labute approximate surface area is 113 Å². The van der Waals surface area contributed by atoms with E-state index in [-0.39, 0.29) is 6.61 Å². The Morgan fingerprint density at radius 1 is 1.05 bits per heavy atom. The van der Waals surface area contributed by atoms with Gasteiger partial charge >= 0.3 is 0 Å². The van der Waals surface area contributed by atoms with Crippen molar-refractivity contribution in [3.05, 3.63) is 65.2 Å². The van der Waals surface area contributed by atoms with Gasteiger partial charge < -0.3 is 15.6 Å². The second-order valence-corrected chi connectivity index (χ2v) is 4.59. The van der Waals surface area contributed by atoms with Crippen LogP contribution < -0.4 is 10.5 Å². The highest BCUT2D eigenvalue weighted by Gasteiger charge is 2.08. The third-order valence-electron chi connectivity index (χ3n) is 3.03. The Balaban J connectivity index is 1.93. The second kappa shape index (κ2) is 6.36. The van der Waals surface area contributed by atoms with Crippen molar-refractivity contribution < 1.29 is 9.84 Å². The smallest absolute Gasteiger partial charge is 0.119 e. The van der Waals surface area contributed by atoms with E-state index in [2.05, 4.69) is 0 Å².